The van der Waals surface area contributed by atoms with Crippen LogP contribution < -0.4 is 10.5 Å². The number of hydrogen-bond acceptors (Lipinski definition) is 3. The molecule has 1 aromatic carbocycles. The normalized spacial score (nSPS) is 12.4. The van der Waals surface area contributed by atoms with E-state index in [1.54, 1.807) is 6.08 Å². The molecular formula is C12H15ClF3NO2. The van der Waals surface area contributed by atoms with E-state index in [1.807, 2.05) is 0 Å². The first-order valence-corrected chi connectivity index (χ1v) is 5.29. The second-order valence-corrected chi connectivity index (χ2v) is 3.71. The van der Waals surface area contributed by atoms with Gasteiger partial charge in [0.1, 0.15) is 0 Å². The lowest BCUT2D eigenvalue weighted by Crippen LogP contribution is -2.18. The molecule has 0 aliphatic heterocycles. The lowest BCUT2D eigenvalue weighted by molar-refractivity contribution is -0.275. The fourth-order valence-electron chi connectivity index (χ4n) is 1.50. The zero-order chi connectivity index (χ0) is 13.8. The van der Waals surface area contributed by atoms with Crippen LogP contribution >= 0.6 is 12.4 Å². The number of ether oxygens (including phenoxy) is 1. The first-order chi connectivity index (χ1) is 8.35. The van der Waals surface area contributed by atoms with Gasteiger partial charge in [0.05, 0.1) is 0 Å². The molecule has 0 fully saturated rings. The van der Waals surface area contributed by atoms with Crippen LogP contribution in [0.15, 0.2) is 30.9 Å². The van der Waals surface area contributed by atoms with Crippen LogP contribution in [0, 0.1) is 0 Å². The number of alkyl halides is 3. The van der Waals surface area contributed by atoms with E-state index in [4.69, 9.17) is 5.73 Å². The van der Waals surface area contributed by atoms with Gasteiger partial charge in [-0.05, 0) is 18.9 Å². The van der Waals surface area contributed by atoms with E-state index in [2.05, 4.69) is 11.3 Å². The molecule has 0 radical (unpaired) electrons. The van der Waals surface area contributed by atoms with Crippen molar-refractivity contribution in [2.45, 2.75) is 25.2 Å². The van der Waals surface area contributed by atoms with Gasteiger partial charge in [-0.3, -0.25) is 0 Å². The Morgan fingerprint density at radius 3 is 2.58 bits per heavy atom. The molecule has 0 amide bonds. The van der Waals surface area contributed by atoms with Crippen LogP contribution in [0.2, 0.25) is 0 Å². The van der Waals surface area contributed by atoms with E-state index >= 15 is 0 Å². The third kappa shape index (κ3) is 5.40. The molecule has 0 bridgehead atoms. The number of halogens is 4. The molecule has 0 aliphatic rings. The van der Waals surface area contributed by atoms with Crippen molar-refractivity contribution in [2.24, 2.45) is 5.73 Å². The Labute approximate surface area is 115 Å². The maximum Gasteiger partial charge on any atom is 0.573 e. The number of allylic oxidation sites excluding steroid dienone is 1. The van der Waals surface area contributed by atoms with E-state index < -0.39 is 23.9 Å². The molecule has 19 heavy (non-hydrogen) atoms. The number of hydrogen-bond donors (Lipinski definition) is 2. The Balaban J connectivity index is 0.00000324. The average Bonchev–Trinajstić information content (AvgIpc) is 2.27. The van der Waals surface area contributed by atoms with Crippen molar-refractivity contribution in [1.82, 2.24) is 0 Å². The zero-order valence-electron chi connectivity index (χ0n) is 9.98. The summed E-state index contributed by atoms with van der Waals surface area (Å²) in [5.41, 5.74) is 5.99. The molecule has 1 rings (SSSR count). The Morgan fingerprint density at radius 2 is 2.05 bits per heavy atom. The van der Waals surface area contributed by atoms with E-state index in [9.17, 15) is 18.3 Å². The van der Waals surface area contributed by atoms with Gasteiger partial charge in [-0.1, -0.05) is 18.2 Å². The Hall–Kier alpha value is -1.40. The van der Waals surface area contributed by atoms with Crippen LogP contribution in [-0.4, -0.2) is 11.5 Å². The summed E-state index contributed by atoms with van der Waals surface area (Å²) in [5, 5.41) is 9.69. The predicted molar refractivity (Wildman–Crippen MR) is 68.4 cm³/mol. The van der Waals surface area contributed by atoms with Gasteiger partial charge < -0.3 is 15.6 Å². The Morgan fingerprint density at radius 1 is 1.42 bits per heavy atom. The minimum absolute atomic E-state index is 0. The number of nitrogens with two attached hydrogens (primary N) is 1. The molecule has 0 saturated carbocycles. The van der Waals surface area contributed by atoms with Crippen molar-refractivity contribution < 1.29 is 23.0 Å². The van der Waals surface area contributed by atoms with Gasteiger partial charge in [0, 0.05) is 11.6 Å². The molecule has 0 spiro atoms. The molecule has 0 saturated heterocycles. The number of benzene rings is 1. The summed E-state index contributed by atoms with van der Waals surface area (Å²) in [6.45, 7) is 3.52. The van der Waals surface area contributed by atoms with Crippen molar-refractivity contribution in [3.8, 4) is 11.5 Å². The predicted octanol–water partition coefficient (Wildman–Crippen LogP) is 3.68. The molecule has 3 N–H and O–H groups in total. The molecule has 1 atom stereocenters. The monoisotopic (exact) mass is 297 g/mol. The Bertz CT molecular complexity index is 424. The van der Waals surface area contributed by atoms with Crippen molar-refractivity contribution in [3.63, 3.8) is 0 Å². The molecule has 0 aromatic heterocycles. The van der Waals surface area contributed by atoms with E-state index in [0.717, 1.165) is 6.07 Å². The molecule has 7 heteroatoms. The molecule has 1 aromatic rings. The van der Waals surface area contributed by atoms with Gasteiger partial charge in [0.25, 0.3) is 0 Å². The first-order valence-electron chi connectivity index (χ1n) is 5.29. The largest absolute Gasteiger partial charge is 0.573 e. The number of phenols is 1. The van der Waals surface area contributed by atoms with Crippen molar-refractivity contribution in [2.75, 3.05) is 0 Å². The van der Waals surface area contributed by atoms with Crippen molar-refractivity contribution in [1.29, 1.82) is 0 Å². The quantitative estimate of drug-likeness (QED) is 0.815. The maximum atomic E-state index is 12.1. The minimum Gasteiger partial charge on any atom is -0.504 e. The van der Waals surface area contributed by atoms with E-state index in [1.165, 1.54) is 12.1 Å². The SMILES string of the molecule is C=CCC[C@@H](N)c1cccc(OC(F)(F)F)c1O.Cl. The van der Waals surface area contributed by atoms with Gasteiger partial charge in [0.2, 0.25) is 0 Å². The van der Waals surface area contributed by atoms with Crippen molar-refractivity contribution in [3.05, 3.63) is 36.4 Å². The summed E-state index contributed by atoms with van der Waals surface area (Å²) in [6.07, 6.45) is -2.12. The highest BCUT2D eigenvalue weighted by Gasteiger charge is 2.32. The number of aromatic hydroxyl groups is 1. The highest BCUT2D eigenvalue weighted by molar-refractivity contribution is 5.85. The average molecular weight is 298 g/mol. The fourth-order valence-corrected chi connectivity index (χ4v) is 1.50. The number of para-hydroxylation sites is 1. The first kappa shape index (κ1) is 17.6. The van der Waals surface area contributed by atoms with Crippen LogP contribution in [0.25, 0.3) is 0 Å². The maximum absolute atomic E-state index is 12.1. The van der Waals surface area contributed by atoms with Crippen LogP contribution in [0.5, 0.6) is 11.5 Å². The third-order valence-corrected chi connectivity index (χ3v) is 2.34. The summed E-state index contributed by atoms with van der Waals surface area (Å²) in [4.78, 5) is 0. The highest BCUT2D eigenvalue weighted by Crippen LogP contribution is 2.37. The van der Waals surface area contributed by atoms with Gasteiger partial charge in [0.15, 0.2) is 11.5 Å². The van der Waals surface area contributed by atoms with Gasteiger partial charge in [-0.2, -0.15) is 0 Å². The molecular weight excluding hydrogens is 283 g/mol. The van der Waals surface area contributed by atoms with Crippen molar-refractivity contribution >= 4 is 12.4 Å². The molecule has 0 unspecified atom stereocenters. The molecule has 0 aliphatic carbocycles. The van der Waals surface area contributed by atoms with Gasteiger partial charge in [-0.25, -0.2) is 0 Å². The highest BCUT2D eigenvalue weighted by atomic mass is 35.5. The molecule has 0 heterocycles. The van der Waals surface area contributed by atoms with Crippen LogP contribution in [0.1, 0.15) is 24.4 Å². The van der Waals surface area contributed by atoms with Crippen LogP contribution in [0.4, 0.5) is 13.2 Å². The fraction of sp³-hybridized carbons (Fsp3) is 0.333. The second-order valence-electron chi connectivity index (χ2n) is 3.71. The topological polar surface area (TPSA) is 55.5 Å². The van der Waals surface area contributed by atoms with Gasteiger partial charge in [-0.15, -0.1) is 32.2 Å². The van der Waals surface area contributed by atoms with Crippen LogP contribution in [0.3, 0.4) is 0 Å². The molecule has 3 nitrogen and oxygen atoms in total. The Kier molecular flexibility index (Phi) is 6.72. The smallest absolute Gasteiger partial charge is 0.504 e. The van der Waals surface area contributed by atoms with E-state index in [-0.39, 0.29) is 18.0 Å². The lowest BCUT2D eigenvalue weighted by Gasteiger charge is -2.16. The third-order valence-electron chi connectivity index (χ3n) is 2.34. The summed E-state index contributed by atoms with van der Waals surface area (Å²) < 4.78 is 39.9. The summed E-state index contributed by atoms with van der Waals surface area (Å²) in [5.74, 6) is -1.22. The summed E-state index contributed by atoms with van der Waals surface area (Å²) in [6, 6.07) is 3.28. The minimum atomic E-state index is -4.85. The summed E-state index contributed by atoms with van der Waals surface area (Å²) in [7, 11) is 0. The van der Waals surface area contributed by atoms with E-state index in [0.29, 0.717) is 12.8 Å². The zero-order valence-corrected chi connectivity index (χ0v) is 10.8. The molecule has 108 valence electrons. The van der Waals surface area contributed by atoms with Gasteiger partial charge >= 0.3 is 6.36 Å². The number of phenolic OH excluding ortho intramolecular Hbond substituents is 1. The van der Waals surface area contributed by atoms with Crippen LogP contribution in [-0.2, 0) is 0 Å². The lowest BCUT2D eigenvalue weighted by atomic mass is 10.0. The second kappa shape index (κ2) is 7.25. The standard InChI is InChI=1S/C12H14F3NO2.ClH/c1-2-3-6-9(16)8-5-4-7-10(11(8)17)18-12(13,14)15;/h2,4-5,7,9,17H,1,3,6,16H2;1H/t9-;/m1./s1. The summed E-state index contributed by atoms with van der Waals surface area (Å²) >= 11 is 0. The number of rotatable bonds is 5.